The monoisotopic (exact) mass is 396 g/mol. The molecule has 0 aromatic heterocycles. The molecule has 0 bridgehead atoms. The van der Waals surface area contributed by atoms with Crippen LogP contribution in [0.1, 0.15) is 12.0 Å². The van der Waals surface area contributed by atoms with Crippen molar-refractivity contribution < 1.29 is 9.59 Å². The number of aryl methyl sites for hydroxylation is 1. The van der Waals surface area contributed by atoms with Crippen LogP contribution in [0.2, 0.25) is 15.1 Å². The van der Waals surface area contributed by atoms with Gasteiger partial charge in [-0.1, -0.05) is 40.9 Å². The first kappa shape index (κ1) is 18.1. The number of hydrogen-bond acceptors (Lipinski definition) is 2. The Morgan fingerprint density at radius 3 is 2.48 bits per heavy atom. The van der Waals surface area contributed by atoms with E-state index < -0.39 is 5.92 Å². The maximum Gasteiger partial charge on any atom is 0.229 e. The van der Waals surface area contributed by atoms with Crippen LogP contribution in [0.15, 0.2) is 36.4 Å². The summed E-state index contributed by atoms with van der Waals surface area (Å²) in [5.74, 6) is -0.858. The summed E-state index contributed by atoms with van der Waals surface area (Å²) in [6.07, 6.45) is 0.135. The first-order chi connectivity index (χ1) is 11.9. The van der Waals surface area contributed by atoms with Gasteiger partial charge in [0.1, 0.15) is 0 Å². The highest BCUT2D eigenvalue weighted by atomic mass is 35.5. The molecule has 3 rings (SSSR count). The summed E-state index contributed by atoms with van der Waals surface area (Å²) >= 11 is 18.1. The van der Waals surface area contributed by atoms with Gasteiger partial charge in [0.15, 0.2) is 0 Å². The molecule has 25 heavy (non-hydrogen) atoms. The quantitative estimate of drug-likeness (QED) is 0.797. The molecule has 0 saturated carbocycles. The smallest absolute Gasteiger partial charge is 0.229 e. The molecule has 1 aliphatic rings. The third-order valence-corrected chi connectivity index (χ3v) is 5.02. The van der Waals surface area contributed by atoms with Gasteiger partial charge in [-0.25, -0.2) is 0 Å². The van der Waals surface area contributed by atoms with Crippen LogP contribution >= 0.6 is 34.8 Å². The first-order valence-corrected chi connectivity index (χ1v) is 8.81. The number of rotatable bonds is 3. The molecule has 2 aromatic carbocycles. The summed E-state index contributed by atoms with van der Waals surface area (Å²) in [5, 5.41) is 4.05. The fourth-order valence-corrected chi connectivity index (χ4v) is 3.60. The van der Waals surface area contributed by atoms with Crippen LogP contribution in [0, 0.1) is 12.8 Å². The standard InChI is InChI=1S/C18H15Cl3N2O2/c1-10-7-12(19)5-6-15(10)23-9-11(8-16(23)24)18(25)22-17-13(20)3-2-4-14(17)21/h2-7,11H,8-9H2,1H3,(H,22,25). The topological polar surface area (TPSA) is 49.4 Å². The van der Waals surface area contributed by atoms with Gasteiger partial charge in [-0.3, -0.25) is 9.59 Å². The van der Waals surface area contributed by atoms with Crippen molar-refractivity contribution in [2.24, 2.45) is 5.92 Å². The normalized spacial score (nSPS) is 17.0. The number of carbonyl (C=O) groups excluding carboxylic acids is 2. The molecule has 1 fully saturated rings. The van der Waals surface area contributed by atoms with Crippen molar-refractivity contribution in [3.05, 3.63) is 57.0 Å². The minimum absolute atomic E-state index is 0.101. The average Bonchev–Trinajstić information content (AvgIpc) is 2.93. The second-order valence-corrected chi connectivity index (χ2v) is 7.17. The van der Waals surface area contributed by atoms with Crippen LogP contribution in [0.5, 0.6) is 0 Å². The molecule has 1 aliphatic heterocycles. The van der Waals surface area contributed by atoms with Crippen molar-refractivity contribution in [2.45, 2.75) is 13.3 Å². The van der Waals surface area contributed by atoms with Gasteiger partial charge in [-0.15, -0.1) is 0 Å². The lowest BCUT2D eigenvalue weighted by Gasteiger charge is -2.19. The predicted octanol–water partition coefficient (Wildman–Crippen LogP) is 4.95. The Labute approximate surface area is 160 Å². The number of carbonyl (C=O) groups is 2. The highest BCUT2D eigenvalue weighted by Gasteiger charge is 2.36. The van der Waals surface area contributed by atoms with Crippen molar-refractivity contribution in [2.75, 3.05) is 16.8 Å². The van der Waals surface area contributed by atoms with Crippen molar-refractivity contribution >= 4 is 58.0 Å². The van der Waals surface area contributed by atoms with Gasteiger partial charge in [0.25, 0.3) is 0 Å². The van der Waals surface area contributed by atoms with Gasteiger partial charge in [0.05, 0.1) is 21.7 Å². The molecule has 1 heterocycles. The number of nitrogens with one attached hydrogen (secondary N) is 1. The Kier molecular flexibility index (Phi) is 5.23. The highest BCUT2D eigenvalue weighted by molar-refractivity contribution is 6.39. The molecule has 0 radical (unpaired) electrons. The Bertz CT molecular complexity index is 834. The Morgan fingerprint density at radius 2 is 1.84 bits per heavy atom. The second kappa shape index (κ2) is 7.24. The van der Waals surface area contributed by atoms with Crippen LogP contribution in [-0.2, 0) is 9.59 Å². The SMILES string of the molecule is Cc1cc(Cl)ccc1N1CC(C(=O)Nc2c(Cl)cccc2Cl)CC1=O. The van der Waals surface area contributed by atoms with Gasteiger partial charge in [-0.2, -0.15) is 0 Å². The van der Waals surface area contributed by atoms with Crippen LogP contribution in [-0.4, -0.2) is 18.4 Å². The summed E-state index contributed by atoms with van der Waals surface area (Å²) in [6, 6.07) is 10.3. The van der Waals surface area contributed by atoms with Gasteiger partial charge >= 0.3 is 0 Å². The van der Waals surface area contributed by atoms with E-state index in [0.29, 0.717) is 27.3 Å². The lowest BCUT2D eigenvalue weighted by atomic mass is 10.1. The lowest BCUT2D eigenvalue weighted by Crippen LogP contribution is -2.28. The van der Waals surface area contributed by atoms with Crippen LogP contribution in [0.4, 0.5) is 11.4 Å². The summed E-state index contributed by atoms with van der Waals surface area (Å²) in [5.41, 5.74) is 2.01. The third kappa shape index (κ3) is 3.76. The van der Waals surface area contributed by atoms with E-state index in [9.17, 15) is 9.59 Å². The molecule has 2 aromatic rings. The maximum atomic E-state index is 12.6. The zero-order valence-corrected chi connectivity index (χ0v) is 15.6. The summed E-state index contributed by atoms with van der Waals surface area (Å²) in [6.45, 7) is 2.18. The van der Waals surface area contributed by atoms with Crippen LogP contribution < -0.4 is 10.2 Å². The van der Waals surface area contributed by atoms with Crippen molar-refractivity contribution in [1.29, 1.82) is 0 Å². The van der Waals surface area contributed by atoms with Crippen LogP contribution in [0.3, 0.4) is 0 Å². The van der Waals surface area contributed by atoms with Gasteiger partial charge < -0.3 is 10.2 Å². The van der Waals surface area contributed by atoms with E-state index >= 15 is 0 Å². The first-order valence-electron chi connectivity index (χ1n) is 7.68. The molecule has 1 N–H and O–H groups in total. The molecular weight excluding hydrogens is 383 g/mol. The Morgan fingerprint density at radius 1 is 1.16 bits per heavy atom. The molecule has 2 amide bonds. The molecule has 0 spiro atoms. The summed E-state index contributed by atoms with van der Waals surface area (Å²) < 4.78 is 0. The fraction of sp³-hybridized carbons (Fsp3) is 0.222. The van der Waals surface area contributed by atoms with E-state index in [4.69, 9.17) is 34.8 Å². The minimum atomic E-state index is -0.477. The van der Waals surface area contributed by atoms with E-state index in [0.717, 1.165) is 11.3 Å². The number of amides is 2. The Hall–Kier alpha value is -1.75. The van der Waals surface area contributed by atoms with E-state index in [1.807, 2.05) is 6.92 Å². The fourth-order valence-electron chi connectivity index (χ4n) is 2.88. The molecule has 7 heteroatoms. The number of benzene rings is 2. The zero-order chi connectivity index (χ0) is 18.1. The zero-order valence-electron chi connectivity index (χ0n) is 13.4. The summed E-state index contributed by atoms with van der Waals surface area (Å²) in [4.78, 5) is 26.5. The van der Waals surface area contributed by atoms with Gasteiger partial charge in [0, 0.05) is 23.7 Å². The Balaban J connectivity index is 1.77. The van der Waals surface area contributed by atoms with Crippen molar-refractivity contribution in [1.82, 2.24) is 0 Å². The molecule has 1 unspecified atom stereocenters. The summed E-state index contributed by atoms with van der Waals surface area (Å²) in [7, 11) is 0. The molecule has 0 aliphatic carbocycles. The molecular formula is C18H15Cl3N2O2. The third-order valence-electron chi connectivity index (χ3n) is 4.16. The van der Waals surface area contributed by atoms with Gasteiger partial charge in [0.2, 0.25) is 11.8 Å². The van der Waals surface area contributed by atoms with Crippen LogP contribution in [0.25, 0.3) is 0 Å². The van der Waals surface area contributed by atoms with E-state index in [1.165, 1.54) is 0 Å². The van der Waals surface area contributed by atoms with E-state index in [1.54, 1.807) is 41.3 Å². The van der Waals surface area contributed by atoms with E-state index in [-0.39, 0.29) is 18.2 Å². The second-order valence-electron chi connectivity index (χ2n) is 5.92. The molecule has 1 atom stereocenters. The van der Waals surface area contributed by atoms with Gasteiger partial charge in [-0.05, 0) is 42.8 Å². The number of hydrogen-bond donors (Lipinski definition) is 1. The lowest BCUT2D eigenvalue weighted by molar-refractivity contribution is -0.122. The number of nitrogens with zero attached hydrogens (tertiary/aromatic N) is 1. The van der Waals surface area contributed by atoms with E-state index in [2.05, 4.69) is 5.32 Å². The number of halogens is 3. The predicted molar refractivity (Wildman–Crippen MR) is 102 cm³/mol. The molecule has 130 valence electrons. The van der Waals surface area contributed by atoms with Crippen molar-refractivity contribution in [3.63, 3.8) is 0 Å². The molecule has 1 saturated heterocycles. The number of anilines is 2. The molecule has 4 nitrogen and oxygen atoms in total. The maximum absolute atomic E-state index is 12.6. The average molecular weight is 398 g/mol. The largest absolute Gasteiger partial charge is 0.323 e. The highest BCUT2D eigenvalue weighted by Crippen LogP contribution is 2.33. The number of para-hydroxylation sites is 1. The van der Waals surface area contributed by atoms with Crippen molar-refractivity contribution in [3.8, 4) is 0 Å². The minimum Gasteiger partial charge on any atom is -0.323 e.